The Hall–Kier alpha value is -2.48. The van der Waals surface area contributed by atoms with Crippen LogP contribution < -0.4 is 10.6 Å². The summed E-state index contributed by atoms with van der Waals surface area (Å²) in [5.41, 5.74) is 2.66. The molecule has 2 aromatic rings. The Labute approximate surface area is 152 Å². The number of pyridine rings is 2. The first-order valence-corrected chi connectivity index (χ1v) is 8.74. The van der Waals surface area contributed by atoms with E-state index in [0.29, 0.717) is 12.4 Å². The van der Waals surface area contributed by atoms with Crippen molar-refractivity contribution in [3.8, 4) is 12.3 Å². The van der Waals surface area contributed by atoms with Gasteiger partial charge in [-0.1, -0.05) is 18.5 Å². The Balaban J connectivity index is 0.000000158. The fraction of sp³-hybridized carbons (Fsp3) is 0.400. The van der Waals surface area contributed by atoms with Crippen molar-refractivity contribution in [1.29, 1.82) is 0 Å². The first-order chi connectivity index (χ1) is 12.3. The number of hydrogen-bond donors (Lipinski definition) is 2. The van der Waals surface area contributed by atoms with Crippen LogP contribution in [0.15, 0.2) is 36.7 Å². The van der Waals surface area contributed by atoms with Crippen molar-refractivity contribution in [2.75, 3.05) is 17.2 Å². The van der Waals surface area contributed by atoms with Gasteiger partial charge in [0.1, 0.15) is 11.6 Å². The molecule has 2 aliphatic rings. The van der Waals surface area contributed by atoms with E-state index in [1.807, 2.05) is 24.5 Å². The van der Waals surface area contributed by atoms with Gasteiger partial charge in [0.05, 0.1) is 7.85 Å². The molecule has 0 saturated heterocycles. The quantitative estimate of drug-likeness (QED) is 0.620. The van der Waals surface area contributed by atoms with Crippen molar-refractivity contribution in [3.05, 3.63) is 47.8 Å². The normalized spacial score (nSPS) is 16.7. The summed E-state index contributed by atoms with van der Waals surface area (Å²) in [7, 11) is 5.57. The van der Waals surface area contributed by atoms with Crippen LogP contribution in [0.5, 0.6) is 0 Å². The van der Waals surface area contributed by atoms with E-state index >= 15 is 0 Å². The van der Waals surface area contributed by atoms with Crippen LogP contribution >= 0.6 is 0 Å². The average Bonchev–Trinajstić information content (AvgIpc) is 2.69. The van der Waals surface area contributed by atoms with E-state index in [1.165, 1.54) is 24.0 Å². The molecule has 0 aromatic carbocycles. The molecule has 4 heterocycles. The topological polar surface area (TPSA) is 49.8 Å². The second-order valence-electron chi connectivity index (χ2n) is 5.96. The molecular weight excluding hydrogens is 307 g/mol. The molecule has 1 unspecified atom stereocenters. The lowest BCUT2D eigenvalue weighted by atomic mass is 9.90. The summed E-state index contributed by atoms with van der Waals surface area (Å²) in [5, 5.41) is 6.56. The van der Waals surface area contributed by atoms with Gasteiger partial charge < -0.3 is 10.6 Å². The number of rotatable bonds is 1. The Kier molecular flexibility index (Phi) is 7.85. The number of aromatic nitrogens is 2. The predicted octanol–water partition coefficient (Wildman–Crippen LogP) is 3.47. The lowest BCUT2D eigenvalue weighted by Crippen LogP contribution is -2.25. The lowest BCUT2D eigenvalue weighted by molar-refractivity contribution is 0.673. The number of fused-ring (bicyclic) bond motifs is 2. The maximum atomic E-state index is 5.57. The van der Waals surface area contributed by atoms with Crippen LogP contribution in [0.25, 0.3) is 0 Å². The zero-order valence-corrected chi connectivity index (χ0v) is 14.8. The van der Waals surface area contributed by atoms with Crippen molar-refractivity contribution in [2.45, 2.75) is 45.0 Å². The zero-order valence-electron chi connectivity index (χ0n) is 14.8. The van der Waals surface area contributed by atoms with Crippen molar-refractivity contribution >= 4 is 19.5 Å². The Morgan fingerprint density at radius 1 is 1.16 bits per heavy atom. The molecule has 2 aromatic heterocycles. The van der Waals surface area contributed by atoms with E-state index in [9.17, 15) is 0 Å². The van der Waals surface area contributed by atoms with Crippen LogP contribution in [0.4, 0.5) is 11.6 Å². The van der Waals surface area contributed by atoms with Gasteiger partial charge in [-0.15, -0.1) is 12.3 Å². The highest BCUT2D eigenvalue weighted by atomic mass is 15.0. The van der Waals surface area contributed by atoms with Crippen LogP contribution in [-0.2, 0) is 12.8 Å². The van der Waals surface area contributed by atoms with Gasteiger partial charge in [0.25, 0.3) is 0 Å². The first kappa shape index (κ1) is 18.9. The zero-order chi connectivity index (χ0) is 17.9. The number of nitrogens with zero attached hydrogens (tertiary/aromatic N) is 2. The summed E-state index contributed by atoms with van der Waals surface area (Å²) in [6.45, 7) is 2.73. The van der Waals surface area contributed by atoms with Gasteiger partial charge in [0, 0.05) is 25.0 Å². The monoisotopic (exact) mass is 332 g/mol. The summed E-state index contributed by atoms with van der Waals surface area (Å²) >= 11 is 0. The summed E-state index contributed by atoms with van der Waals surface area (Å²) in [4.78, 5) is 8.46. The molecule has 128 valence electrons. The Bertz CT molecular complexity index is 671. The highest BCUT2D eigenvalue weighted by Gasteiger charge is 2.15. The second kappa shape index (κ2) is 10.4. The summed E-state index contributed by atoms with van der Waals surface area (Å²) < 4.78 is 0. The van der Waals surface area contributed by atoms with Crippen LogP contribution in [0.2, 0.25) is 6.32 Å². The average molecular weight is 332 g/mol. The predicted molar refractivity (Wildman–Crippen MR) is 106 cm³/mol. The van der Waals surface area contributed by atoms with Gasteiger partial charge in [-0.05, 0) is 55.9 Å². The minimum atomic E-state index is 0.410. The third-order valence-corrected chi connectivity index (χ3v) is 4.09. The minimum Gasteiger partial charge on any atom is -0.370 e. The van der Waals surface area contributed by atoms with Gasteiger partial charge in [-0.2, -0.15) is 0 Å². The van der Waals surface area contributed by atoms with Crippen LogP contribution in [0, 0.1) is 12.3 Å². The minimum absolute atomic E-state index is 0.410. The number of aryl methyl sites for hydroxylation is 2. The molecule has 0 bridgehead atoms. The van der Waals surface area contributed by atoms with E-state index in [0.717, 1.165) is 31.0 Å². The third kappa shape index (κ3) is 5.83. The van der Waals surface area contributed by atoms with E-state index in [4.69, 9.17) is 7.85 Å². The molecule has 2 aliphatic heterocycles. The highest BCUT2D eigenvalue weighted by molar-refractivity contribution is 6.09. The molecule has 4 nitrogen and oxygen atoms in total. The number of terminal acetylenes is 1. The molecule has 2 N–H and O–H groups in total. The molecule has 0 saturated carbocycles. The van der Waals surface area contributed by atoms with E-state index in [1.54, 1.807) is 6.92 Å². The van der Waals surface area contributed by atoms with Crippen molar-refractivity contribution in [2.24, 2.45) is 0 Å². The first-order valence-electron chi connectivity index (χ1n) is 8.74. The number of hydrogen-bond acceptors (Lipinski definition) is 4. The second-order valence-corrected chi connectivity index (χ2v) is 5.96. The SMILES string of the molecule is C#CC.[B]CC1CCc2cccnc2N1.c1cnc2c(c1)CCCN2. The van der Waals surface area contributed by atoms with Crippen molar-refractivity contribution in [3.63, 3.8) is 0 Å². The number of anilines is 2. The molecule has 5 heteroatoms. The highest BCUT2D eigenvalue weighted by Crippen LogP contribution is 2.22. The fourth-order valence-corrected chi connectivity index (χ4v) is 2.83. The number of nitrogens with one attached hydrogen (secondary N) is 2. The third-order valence-electron chi connectivity index (χ3n) is 4.09. The molecule has 0 spiro atoms. The van der Waals surface area contributed by atoms with Gasteiger partial charge in [0.2, 0.25) is 0 Å². The van der Waals surface area contributed by atoms with Gasteiger partial charge >= 0.3 is 0 Å². The van der Waals surface area contributed by atoms with E-state index in [2.05, 4.69) is 45.1 Å². The maximum Gasteiger partial charge on any atom is 0.129 e. The lowest BCUT2D eigenvalue weighted by Gasteiger charge is -2.24. The van der Waals surface area contributed by atoms with Gasteiger partial charge in [-0.25, -0.2) is 9.97 Å². The molecular formula is C20H25BN4. The van der Waals surface area contributed by atoms with Crippen molar-refractivity contribution < 1.29 is 0 Å². The largest absolute Gasteiger partial charge is 0.370 e. The molecule has 0 fully saturated rings. The van der Waals surface area contributed by atoms with Crippen LogP contribution in [-0.4, -0.2) is 30.4 Å². The van der Waals surface area contributed by atoms with E-state index in [-0.39, 0.29) is 0 Å². The Morgan fingerprint density at radius 3 is 2.44 bits per heavy atom. The van der Waals surface area contributed by atoms with Crippen molar-refractivity contribution in [1.82, 2.24) is 9.97 Å². The molecule has 25 heavy (non-hydrogen) atoms. The maximum absolute atomic E-state index is 5.57. The fourth-order valence-electron chi connectivity index (χ4n) is 2.83. The molecule has 2 radical (unpaired) electrons. The van der Waals surface area contributed by atoms with E-state index < -0.39 is 0 Å². The summed E-state index contributed by atoms with van der Waals surface area (Å²) in [6, 6.07) is 8.62. The summed E-state index contributed by atoms with van der Waals surface area (Å²) in [5.74, 6) is 4.34. The summed E-state index contributed by atoms with van der Waals surface area (Å²) in [6.07, 6.45) is 13.6. The van der Waals surface area contributed by atoms with Gasteiger partial charge in [0.15, 0.2) is 0 Å². The van der Waals surface area contributed by atoms with Crippen LogP contribution in [0.3, 0.4) is 0 Å². The van der Waals surface area contributed by atoms with Gasteiger partial charge in [-0.3, -0.25) is 0 Å². The smallest absolute Gasteiger partial charge is 0.129 e. The molecule has 0 aliphatic carbocycles. The molecule has 1 atom stereocenters. The molecule has 4 rings (SSSR count). The Morgan fingerprint density at radius 2 is 1.80 bits per heavy atom. The molecule has 0 amide bonds. The standard InChI is InChI=1S/C9H11BN2.C8H10N2.C3H4/c10-6-8-4-3-7-2-1-5-11-9(7)12-8;1-3-7-4-2-6-10-8(7)9-5-1;1-3-2/h1-2,5,8H,3-4,6H2,(H,11,12);1,3,5H,2,4,6H2,(H,9,10);1H,2H3. The van der Waals surface area contributed by atoms with Crippen LogP contribution in [0.1, 0.15) is 30.9 Å².